The number of aryl methyl sites for hydroxylation is 2. The summed E-state index contributed by atoms with van der Waals surface area (Å²) in [4.78, 5) is 4.33. The second kappa shape index (κ2) is 3.21. The van der Waals surface area contributed by atoms with Gasteiger partial charge in [0.05, 0.1) is 0 Å². The summed E-state index contributed by atoms with van der Waals surface area (Å²) in [5.74, 6) is 0. The number of hydrogen-bond acceptors (Lipinski definition) is 1. The summed E-state index contributed by atoms with van der Waals surface area (Å²) in [5, 5.41) is 1.19. The van der Waals surface area contributed by atoms with Gasteiger partial charge >= 0.3 is 0 Å². The molecule has 0 N–H and O–H groups in total. The third kappa shape index (κ3) is 1.32. The number of rotatable bonds is 2. The monoisotopic (exact) mass is 173 g/mol. The Hall–Kier alpha value is -1.31. The molecular weight excluding hydrogens is 160 g/mol. The van der Waals surface area contributed by atoms with Crippen molar-refractivity contribution in [3.8, 4) is 0 Å². The molecule has 0 bridgehead atoms. The van der Waals surface area contributed by atoms with Gasteiger partial charge in [-0.1, -0.05) is 6.92 Å². The minimum absolute atomic E-state index is 1.05. The zero-order chi connectivity index (χ0) is 9.26. The molecule has 1 radical (unpaired) electrons. The maximum absolute atomic E-state index is 4.33. The Morgan fingerprint density at radius 1 is 1.54 bits per heavy atom. The van der Waals surface area contributed by atoms with Crippen molar-refractivity contribution in [2.45, 2.75) is 26.8 Å². The average molecular weight is 173 g/mol. The fourth-order valence-corrected chi connectivity index (χ4v) is 1.67. The highest BCUT2D eigenvalue weighted by molar-refractivity contribution is 5.76. The maximum Gasteiger partial charge on any atom is 0.140 e. The van der Waals surface area contributed by atoms with Crippen LogP contribution in [-0.4, -0.2) is 9.55 Å². The quantitative estimate of drug-likeness (QED) is 0.682. The highest BCUT2D eigenvalue weighted by atomic mass is 15.0. The lowest BCUT2D eigenvalue weighted by Crippen LogP contribution is -1.99. The van der Waals surface area contributed by atoms with E-state index in [1.54, 1.807) is 6.20 Å². The fourth-order valence-electron chi connectivity index (χ4n) is 1.67. The third-order valence-electron chi connectivity index (χ3n) is 2.25. The first kappa shape index (κ1) is 8.30. The number of pyridine rings is 1. The van der Waals surface area contributed by atoms with Crippen LogP contribution < -0.4 is 0 Å². The topological polar surface area (TPSA) is 17.8 Å². The summed E-state index contributed by atoms with van der Waals surface area (Å²) in [6, 6.07) is 7.14. The predicted octanol–water partition coefficient (Wildman–Crippen LogP) is 2.55. The van der Waals surface area contributed by atoms with Crippen molar-refractivity contribution >= 4 is 11.0 Å². The summed E-state index contributed by atoms with van der Waals surface area (Å²) in [6.07, 6.45) is 2.87. The lowest BCUT2D eigenvalue weighted by molar-refractivity contribution is 0.680. The van der Waals surface area contributed by atoms with Gasteiger partial charge in [-0.3, -0.25) is 0 Å². The van der Waals surface area contributed by atoms with Crippen molar-refractivity contribution in [1.82, 2.24) is 9.55 Å². The van der Waals surface area contributed by atoms with E-state index in [1.165, 1.54) is 11.1 Å². The van der Waals surface area contributed by atoms with Gasteiger partial charge in [0.1, 0.15) is 5.65 Å². The highest BCUT2D eigenvalue weighted by Gasteiger charge is 2.03. The van der Waals surface area contributed by atoms with Crippen LogP contribution >= 0.6 is 0 Å². The van der Waals surface area contributed by atoms with Crippen molar-refractivity contribution in [3.05, 3.63) is 30.1 Å². The Kier molecular flexibility index (Phi) is 2.05. The van der Waals surface area contributed by atoms with E-state index in [2.05, 4.69) is 35.5 Å². The van der Waals surface area contributed by atoms with E-state index in [0.29, 0.717) is 0 Å². The van der Waals surface area contributed by atoms with E-state index in [1.807, 2.05) is 6.07 Å². The van der Waals surface area contributed by atoms with Gasteiger partial charge < -0.3 is 4.57 Å². The molecule has 0 fully saturated rings. The Morgan fingerprint density at radius 3 is 3.15 bits per heavy atom. The third-order valence-corrected chi connectivity index (χ3v) is 2.25. The molecule has 0 saturated heterocycles. The van der Waals surface area contributed by atoms with Crippen LogP contribution in [0.3, 0.4) is 0 Å². The molecule has 0 amide bonds. The molecule has 2 heterocycles. The number of aromatic nitrogens is 2. The van der Waals surface area contributed by atoms with Crippen molar-refractivity contribution in [1.29, 1.82) is 0 Å². The van der Waals surface area contributed by atoms with Crippen LogP contribution in [0.5, 0.6) is 0 Å². The zero-order valence-corrected chi connectivity index (χ0v) is 8.04. The standard InChI is InChI=1S/C11H13N2/c1-3-7-13-9(2)8-10-5-4-6-12-11(10)13/h5-6,8H,3,7H2,1-2H3. The lowest BCUT2D eigenvalue weighted by Gasteiger charge is -2.03. The second-order valence-electron chi connectivity index (χ2n) is 3.29. The normalized spacial score (nSPS) is 10.9. The molecule has 2 aromatic rings. The fraction of sp³-hybridized carbons (Fsp3) is 0.364. The van der Waals surface area contributed by atoms with Crippen LogP contribution in [-0.2, 0) is 6.54 Å². The van der Waals surface area contributed by atoms with Crippen molar-refractivity contribution in [2.24, 2.45) is 0 Å². The SMILES string of the molecule is CCCn1c(C)cc2c[c]cnc21. The van der Waals surface area contributed by atoms with Crippen LogP contribution in [0.2, 0.25) is 0 Å². The molecule has 0 atom stereocenters. The van der Waals surface area contributed by atoms with Gasteiger partial charge in [-0.2, -0.15) is 0 Å². The molecule has 2 rings (SSSR count). The molecule has 0 aliphatic rings. The average Bonchev–Trinajstić information content (AvgIpc) is 2.44. The molecule has 2 heteroatoms. The molecule has 0 spiro atoms. The van der Waals surface area contributed by atoms with E-state index < -0.39 is 0 Å². The van der Waals surface area contributed by atoms with Crippen molar-refractivity contribution < 1.29 is 0 Å². The number of nitrogens with zero attached hydrogens (tertiary/aromatic N) is 2. The van der Waals surface area contributed by atoms with Crippen molar-refractivity contribution in [3.63, 3.8) is 0 Å². The Morgan fingerprint density at radius 2 is 2.38 bits per heavy atom. The molecule has 13 heavy (non-hydrogen) atoms. The van der Waals surface area contributed by atoms with E-state index in [4.69, 9.17) is 0 Å². The summed E-state index contributed by atoms with van der Waals surface area (Å²) >= 11 is 0. The van der Waals surface area contributed by atoms with E-state index >= 15 is 0 Å². The second-order valence-corrected chi connectivity index (χ2v) is 3.29. The molecule has 0 unspecified atom stereocenters. The Balaban J connectivity index is 2.64. The summed E-state index contributed by atoms with van der Waals surface area (Å²) in [6.45, 7) is 5.35. The van der Waals surface area contributed by atoms with Gasteiger partial charge in [0.25, 0.3) is 0 Å². The number of hydrogen-bond donors (Lipinski definition) is 0. The first-order valence-corrected chi connectivity index (χ1v) is 4.65. The van der Waals surface area contributed by atoms with Crippen molar-refractivity contribution in [2.75, 3.05) is 0 Å². The smallest absolute Gasteiger partial charge is 0.140 e. The van der Waals surface area contributed by atoms with Gasteiger partial charge in [-0.05, 0) is 25.5 Å². The van der Waals surface area contributed by atoms with Crippen LogP contribution in [0.1, 0.15) is 19.0 Å². The van der Waals surface area contributed by atoms with Gasteiger partial charge in [-0.25, -0.2) is 4.98 Å². The Labute approximate surface area is 78.2 Å². The molecule has 2 nitrogen and oxygen atoms in total. The summed E-state index contributed by atoms with van der Waals surface area (Å²) in [5.41, 5.74) is 2.36. The van der Waals surface area contributed by atoms with Gasteiger partial charge in [0.15, 0.2) is 0 Å². The van der Waals surface area contributed by atoms with Crippen LogP contribution in [0, 0.1) is 13.0 Å². The van der Waals surface area contributed by atoms with E-state index in [0.717, 1.165) is 18.6 Å². The molecular formula is C11H13N2. The zero-order valence-electron chi connectivity index (χ0n) is 8.04. The molecule has 67 valence electrons. The minimum atomic E-state index is 1.05. The van der Waals surface area contributed by atoms with Crippen LogP contribution in [0.25, 0.3) is 11.0 Å². The van der Waals surface area contributed by atoms with Gasteiger partial charge in [0, 0.05) is 29.9 Å². The van der Waals surface area contributed by atoms with Gasteiger partial charge in [0.2, 0.25) is 0 Å². The molecule has 0 aliphatic carbocycles. The largest absolute Gasteiger partial charge is 0.330 e. The summed E-state index contributed by atoms with van der Waals surface area (Å²) in [7, 11) is 0. The number of fused-ring (bicyclic) bond motifs is 1. The Bertz CT molecular complexity index is 415. The predicted molar refractivity (Wildman–Crippen MR) is 53.6 cm³/mol. The van der Waals surface area contributed by atoms with Gasteiger partial charge in [-0.15, -0.1) is 0 Å². The maximum atomic E-state index is 4.33. The molecule has 0 aliphatic heterocycles. The first-order chi connectivity index (χ1) is 6.33. The molecule has 2 aromatic heterocycles. The molecule has 0 saturated carbocycles. The van der Waals surface area contributed by atoms with E-state index in [-0.39, 0.29) is 0 Å². The van der Waals surface area contributed by atoms with Crippen LogP contribution in [0.4, 0.5) is 0 Å². The molecule has 0 aromatic carbocycles. The summed E-state index contributed by atoms with van der Waals surface area (Å²) < 4.78 is 2.25. The highest BCUT2D eigenvalue weighted by Crippen LogP contribution is 2.16. The van der Waals surface area contributed by atoms with E-state index in [9.17, 15) is 0 Å². The van der Waals surface area contributed by atoms with Crippen LogP contribution in [0.15, 0.2) is 18.3 Å². The lowest BCUT2D eigenvalue weighted by atomic mass is 10.3. The minimum Gasteiger partial charge on any atom is -0.330 e. The first-order valence-electron chi connectivity index (χ1n) is 4.65.